The molecule has 0 unspecified atom stereocenters. The SMILES string of the molecule is Cc1ccc(-c2cc(C(=O)Nc3nc(-c4ccc(C(C)C)cc4)cs3)c3ccccc3n2)o1. The molecule has 0 aliphatic heterocycles. The number of para-hydroxylation sites is 1. The second-order valence-electron chi connectivity index (χ2n) is 8.25. The van der Waals surface area contributed by atoms with Gasteiger partial charge in [-0.25, -0.2) is 9.97 Å². The summed E-state index contributed by atoms with van der Waals surface area (Å²) in [4.78, 5) is 22.6. The van der Waals surface area contributed by atoms with Crippen molar-refractivity contribution in [3.63, 3.8) is 0 Å². The van der Waals surface area contributed by atoms with Crippen molar-refractivity contribution in [3.05, 3.63) is 89.0 Å². The molecule has 164 valence electrons. The van der Waals surface area contributed by atoms with Crippen LogP contribution < -0.4 is 5.32 Å². The highest BCUT2D eigenvalue weighted by molar-refractivity contribution is 7.14. The molecule has 1 amide bonds. The number of amides is 1. The largest absolute Gasteiger partial charge is 0.460 e. The van der Waals surface area contributed by atoms with E-state index in [1.807, 2.05) is 48.7 Å². The van der Waals surface area contributed by atoms with Crippen LogP contribution in [0.3, 0.4) is 0 Å². The van der Waals surface area contributed by atoms with Crippen molar-refractivity contribution < 1.29 is 9.21 Å². The number of hydrogen-bond acceptors (Lipinski definition) is 5. The lowest BCUT2D eigenvalue weighted by molar-refractivity contribution is 0.102. The molecule has 0 aliphatic rings. The lowest BCUT2D eigenvalue weighted by Gasteiger charge is -2.08. The van der Waals surface area contributed by atoms with Gasteiger partial charge in [-0.2, -0.15) is 0 Å². The van der Waals surface area contributed by atoms with Gasteiger partial charge in [-0.1, -0.05) is 56.3 Å². The van der Waals surface area contributed by atoms with Gasteiger partial charge in [-0.05, 0) is 42.7 Å². The van der Waals surface area contributed by atoms with Crippen LogP contribution in [0, 0.1) is 6.92 Å². The number of carbonyl (C=O) groups excluding carboxylic acids is 1. The third-order valence-corrected chi connectivity index (χ3v) is 6.31. The van der Waals surface area contributed by atoms with E-state index in [0.717, 1.165) is 27.9 Å². The fraction of sp³-hybridized carbons (Fsp3) is 0.148. The summed E-state index contributed by atoms with van der Waals surface area (Å²) < 4.78 is 5.74. The minimum atomic E-state index is -0.228. The summed E-state index contributed by atoms with van der Waals surface area (Å²) in [6.45, 7) is 6.23. The molecule has 5 aromatic rings. The Morgan fingerprint density at radius 2 is 1.76 bits per heavy atom. The molecule has 0 spiro atoms. The first-order valence-electron chi connectivity index (χ1n) is 10.8. The van der Waals surface area contributed by atoms with Crippen LogP contribution in [0.15, 0.2) is 76.5 Å². The van der Waals surface area contributed by atoms with E-state index < -0.39 is 0 Å². The molecule has 0 atom stereocenters. The minimum Gasteiger partial charge on any atom is -0.460 e. The fourth-order valence-corrected chi connectivity index (χ4v) is 4.44. The Morgan fingerprint density at radius 3 is 2.48 bits per heavy atom. The maximum Gasteiger partial charge on any atom is 0.258 e. The molecule has 6 heteroatoms. The maximum absolute atomic E-state index is 13.3. The Hall–Kier alpha value is -3.77. The second-order valence-corrected chi connectivity index (χ2v) is 9.11. The lowest BCUT2D eigenvalue weighted by atomic mass is 10.0. The predicted molar refractivity (Wildman–Crippen MR) is 134 cm³/mol. The van der Waals surface area contributed by atoms with E-state index in [0.29, 0.717) is 28.1 Å². The van der Waals surface area contributed by atoms with Crippen LogP contribution in [0.2, 0.25) is 0 Å². The van der Waals surface area contributed by atoms with E-state index in [4.69, 9.17) is 4.42 Å². The number of rotatable bonds is 5. The van der Waals surface area contributed by atoms with Gasteiger partial charge < -0.3 is 4.42 Å². The summed E-state index contributed by atoms with van der Waals surface area (Å²) in [5.74, 6) is 1.68. The van der Waals surface area contributed by atoms with Crippen molar-refractivity contribution in [1.29, 1.82) is 0 Å². The van der Waals surface area contributed by atoms with Gasteiger partial charge in [0.25, 0.3) is 5.91 Å². The Balaban J connectivity index is 1.45. The Bertz CT molecular complexity index is 1450. The number of benzene rings is 2. The molecule has 3 heterocycles. The molecule has 0 saturated carbocycles. The lowest BCUT2D eigenvalue weighted by Crippen LogP contribution is -2.13. The number of furan rings is 1. The van der Waals surface area contributed by atoms with Crippen LogP contribution in [0.1, 0.15) is 41.4 Å². The minimum absolute atomic E-state index is 0.228. The van der Waals surface area contributed by atoms with Crippen molar-refractivity contribution >= 4 is 33.3 Å². The normalized spacial score (nSPS) is 11.3. The van der Waals surface area contributed by atoms with Gasteiger partial charge in [0, 0.05) is 16.3 Å². The summed E-state index contributed by atoms with van der Waals surface area (Å²) in [6.07, 6.45) is 0. The topological polar surface area (TPSA) is 68.0 Å². The summed E-state index contributed by atoms with van der Waals surface area (Å²) in [7, 11) is 0. The van der Waals surface area contributed by atoms with E-state index in [2.05, 4.69) is 53.4 Å². The Morgan fingerprint density at radius 1 is 0.970 bits per heavy atom. The van der Waals surface area contributed by atoms with Gasteiger partial charge in [0.2, 0.25) is 0 Å². The van der Waals surface area contributed by atoms with Crippen LogP contribution in [-0.4, -0.2) is 15.9 Å². The van der Waals surface area contributed by atoms with Crippen molar-refractivity contribution in [2.75, 3.05) is 5.32 Å². The highest BCUT2D eigenvalue weighted by Crippen LogP contribution is 2.29. The third kappa shape index (κ3) is 4.30. The molecule has 0 radical (unpaired) electrons. The number of aromatic nitrogens is 2. The second kappa shape index (κ2) is 8.64. The molecule has 0 bridgehead atoms. The first-order valence-corrected chi connectivity index (χ1v) is 11.7. The average molecular weight is 454 g/mol. The summed E-state index contributed by atoms with van der Waals surface area (Å²) in [5.41, 5.74) is 5.05. The highest BCUT2D eigenvalue weighted by Gasteiger charge is 2.17. The standard InChI is InChI=1S/C27H23N3O2S/c1-16(2)18-9-11-19(12-10-18)24-15-33-27(29-24)30-26(31)21-14-23(25-13-8-17(3)32-25)28-22-7-5-4-6-20(21)22/h4-16H,1-3H3,(H,29,30,31). The van der Waals surface area contributed by atoms with E-state index >= 15 is 0 Å². The number of nitrogens with one attached hydrogen (secondary N) is 1. The van der Waals surface area contributed by atoms with Crippen LogP contribution in [0.25, 0.3) is 33.6 Å². The van der Waals surface area contributed by atoms with Crippen LogP contribution in [-0.2, 0) is 0 Å². The zero-order chi connectivity index (χ0) is 22.9. The molecular weight excluding hydrogens is 430 g/mol. The van der Waals surface area contributed by atoms with Crippen molar-refractivity contribution in [3.8, 4) is 22.7 Å². The first kappa shape index (κ1) is 21.1. The van der Waals surface area contributed by atoms with E-state index in [1.165, 1.54) is 16.9 Å². The number of fused-ring (bicyclic) bond motifs is 1. The number of nitrogens with zero attached hydrogens (tertiary/aromatic N) is 2. The molecule has 0 saturated heterocycles. The van der Waals surface area contributed by atoms with Gasteiger partial charge in [0.15, 0.2) is 10.9 Å². The number of thiazole rings is 1. The van der Waals surface area contributed by atoms with E-state index in [1.54, 1.807) is 6.07 Å². The number of pyridine rings is 1. The molecule has 5 rings (SSSR count). The van der Waals surface area contributed by atoms with Crippen molar-refractivity contribution in [2.45, 2.75) is 26.7 Å². The van der Waals surface area contributed by atoms with Crippen LogP contribution >= 0.6 is 11.3 Å². The average Bonchev–Trinajstić information content (AvgIpc) is 3.47. The Labute approximate surface area is 196 Å². The van der Waals surface area contributed by atoms with Crippen molar-refractivity contribution in [2.24, 2.45) is 0 Å². The summed E-state index contributed by atoms with van der Waals surface area (Å²) >= 11 is 1.41. The van der Waals surface area contributed by atoms with Crippen LogP contribution in [0.4, 0.5) is 5.13 Å². The highest BCUT2D eigenvalue weighted by atomic mass is 32.1. The predicted octanol–water partition coefficient (Wildman–Crippen LogP) is 7.30. The van der Waals surface area contributed by atoms with E-state index in [9.17, 15) is 4.79 Å². The molecule has 1 N–H and O–H groups in total. The first-order chi connectivity index (χ1) is 16.0. The molecule has 5 nitrogen and oxygen atoms in total. The van der Waals surface area contributed by atoms with Gasteiger partial charge in [0.05, 0.1) is 16.8 Å². The van der Waals surface area contributed by atoms with Crippen molar-refractivity contribution in [1.82, 2.24) is 9.97 Å². The maximum atomic E-state index is 13.3. The quantitative estimate of drug-likeness (QED) is 0.303. The number of hydrogen-bond donors (Lipinski definition) is 1. The molecule has 33 heavy (non-hydrogen) atoms. The van der Waals surface area contributed by atoms with Crippen LogP contribution in [0.5, 0.6) is 0 Å². The molecular formula is C27H23N3O2S. The molecule has 3 aromatic heterocycles. The van der Waals surface area contributed by atoms with Gasteiger partial charge in [-0.15, -0.1) is 11.3 Å². The molecule has 2 aromatic carbocycles. The number of aryl methyl sites for hydroxylation is 1. The molecule has 0 fully saturated rings. The number of carbonyl (C=O) groups is 1. The van der Waals surface area contributed by atoms with Gasteiger partial charge in [0.1, 0.15) is 11.5 Å². The third-order valence-electron chi connectivity index (χ3n) is 5.55. The smallest absolute Gasteiger partial charge is 0.258 e. The van der Waals surface area contributed by atoms with E-state index in [-0.39, 0.29) is 5.91 Å². The van der Waals surface area contributed by atoms with Gasteiger partial charge in [-0.3, -0.25) is 10.1 Å². The Kier molecular flexibility index (Phi) is 5.52. The monoisotopic (exact) mass is 453 g/mol. The zero-order valence-electron chi connectivity index (χ0n) is 18.6. The number of anilines is 1. The van der Waals surface area contributed by atoms with Gasteiger partial charge >= 0.3 is 0 Å². The molecule has 0 aliphatic carbocycles. The summed E-state index contributed by atoms with van der Waals surface area (Å²) in [6, 6.07) is 21.5. The fourth-order valence-electron chi connectivity index (χ4n) is 3.73. The summed E-state index contributed by atoms with van der Waals surface area (Å²) in [5, 5.41) is 6.26. The zero-order valence-corrected chi connectivity index (χ0v) is 19.4.